The number of hydrogen-bond acceptors (Lipinski definition) is 5. The highest BCUT2D eigenvalue weighted by Crippen LogP contribution is 2.28. The van der Waals surface area contributed by atoms with Crippen LogP contribution in [0.5, 0.6) is 5.75 Å². The average molecular weight is 455 g/mol. The van der Waals surface area contributed by atoms with Crippen LogP contribution in [0.1, 0.15) is 15.9 Å². The van der Waals surface area contributed by atoms with Crippen LogP contribution in [0.3, 0.4) is 0 Å². The number of aromatic nitrogens is 2. The van der Waals surface area contributed by atoms with Crippen molar-refractivity contribution in [3.63, 3.8) is 0 Å². The Balaban J connectivity index is 1.71. The summed E-state index contributed by atoms with van der Waals surface area (Å²) in [7, 11) is -1.67. The predicted molar refractivity (Wildman–Crippen MR) is 123 cm³/mol. The van der Waals surface area contributed by atoms with Gasteiger partial charge in [0.05, 0.1) is 24.6 Å². The molecule has 0 spiro atoms. The standard InChI is InChI=1S/C23H26N4O4S/c1-17-7-9-19(10-8-17)27-16-21(22(24-27)18-5-4-6-20(15-18)31-2)23(28)25-11-13-26(14-12-25)32(3,29)30/h4-10,15-16H,11-14H2,1-3H3. The number of ether oxygens (including phenoxy) is 1. The maximum atomic E-state index is 13.5. The number of rotatable bonds is 5. The van der Waals surface area contributed by atoms with Crippen molar-refractivity contribution < 1.29 is 17.9 Å². The lowest BCUT2D eigenvalue weighted by atomic mass is 10.1. The number of hydrogen-bond donors (Lipinski definition) is 0. The largest absolute Gasteiger partial charge is 0.497 e. The average Bonchev–Trinajstić information content (AvgIpc) is 3.24. The van der Waals surface area contributed by atoms with E-state index in [1.165, 1.54) is 10.6 Å². The lowest BCUT2D eigenvalue weighted by molar-refractivity contribution is 0.0699. The van der Waals surface area contributed by atoms with E-state index in [4.69, 9.17) is 9.84 Å². The number of piperazine rings is 1. The summed E-state index contributed by atoms with van der Waals surface area (Å²) in [6.07, 6.45) is 2.93. The van der Waals surface area contributed by atoms with Gasteiger partial charge in [-0.1, -0.05) is 29.8 Å². The third-order valence-electron chi connectivity index (χ3n) is 5.58. The number of carbonyl (C=O) groups excluding carboxylic acids is 1. The van der Waals surface area contributed by atoms with Crippen LogP contribution in [0.15, 0.2) is 54.7 Å². The van der Waals surface area contributed by atoms with Crippen molar-refractivity contribution in [2.24, 2.45) is 0 Å². The number of aryl methyl sites for hydroxylation is 1. The van der Waals surface area contributed by atoms with Gasteiger partial charge in [-0.05, 0) is 31.2 Å². The maximum Gasteiger partial charge on any atom is 0.257 e. The van der Waals surface area contributed by atoms with Crippen LogP contribution in [0, 0.1) is 6.92 Å². The van der Waals surface area contributed by atoms with E-state index in [0.29, 0.717) is 30.1 Å². The summed E-state index contributed by atoms with van der Waals surface area (Å²) in [5.74, 6) is 0.502. The SMILES string of the molecule is COc1cccc(-c2nn(-c3ccc(C)cc3)cc2C(=O)N2CCN(S(C)(=O)=O)CC2)c1. The van der Waals surface area contributed by atoms with E-state index in [0.717, 1.165) is 16.8 Å². The minimum atomic E-state index is -3.27. The van der Waals surface area contributed by atoms with Gasteiger partial charge >= 0.3 is 0 Å². The number of methoxy groups -OCH3 is 1. The Morgan fingerprint density at radius 2 is 1.72 bits per heavy atom. The molecule has 0 atom stereocenters. The zero-order valence-electron chi connectivity index (χ0n) is 18.4. The molecule has 1 saturated heterocycles. The molecule has 0 radical (unpaired) electrons. The molecule has 0 aliphatic carbocycles. The van der Waals surface area contributed by atoms with Gasteiger partial charge in [-0.3, -0.25) is 4.79 Å². The first-order chi connectivity index (χ1) is 15.3. The third kappa shape index (κ3) is 4.53. The molecule has 2 aromatic carbocycles. The molecule has 4 rings (SSSR count). The molecule has 1 aliphatic rings. The molecular formula is C23H26N4O4S. The van der Waals surface area contributed by atoms with Crippen LogP contribution in [0.2, 0.25) is 0 Å². The minimum absolute atomic E-state index is 0.172. The molecule has 1 amide bonds. The van der Waals surface area contributed by atoms with E-state index < -0.39 is 10.0 Å². The van der Waals surface area contributed by atoms with Crippen molar-refractivity contribution in [3.05, 3.63) is 65.9 Å². The minimum Gasteiger partial charge on any atom is -0.497 e. The lowest BCUT2D eigenvalue weighted by Crippen LogP contribution is -2.50. The Kier molecular flexibility index (Phi) is 6.03. The molecule has 168 valence electrons. The van der Waals surface area contributed by atoms with E-state index in [-0.39, 0.29) is 19.0 Å². The number of nitrogens with zero attached hydrogens (tertiary/aromatic N) is 4. The molecule has 9 heteroatoms. The monoisotopic (exact) mass is 454 g/mol. The van der Waals surface area contributed by atoms with Gasteiger partial charge in [-0.25, -0.2) is 13.1 Å². The molecule has 2 heterocycles. The molecule has 8 nitrogen and oxygen atoms in total. The summed E-state index contributed by atoms with van der Waals surface area (Å²) < 4.78 is 32.1. The highest BCUT2D eigenvalue weighted by molar-refractivity contribution is 7.88. The second-order valence-corrected chi connectivity index (χ2v) is 9.84. The fourth-order valence-electron chi connectivity index (χ4n) is 3.74. The molecule has 1 aliphatic heterocycles. The van der Waals surface area contributed by atoms with Gasteiger partial charge in [0.15, 0.2) is 0 Å². The quantitative estimate of drug-likeness (QED) is 0.592. The Morgan fingerprint density at radius 3 is 2.34 bits per heavy atom. The van der Waals surface area contributed by atoms with Crippen LogP contribution in [-0.4, -0.2) is 72.9 Å². The lowest BCUT2D eigenvalue weighted by Gasteiger charge is -2.33. The first-order valence-electron chi connectivity index (χ1n) is 10.3. The van der Waals surface area contributed by atoms with Crippen LogP contribution in [-0.2, 0) is 10.0 Å². The molecular weight excluding hydrogens is 428 g/mol. The fourth-order valence-corrected chi connectivity index (χ4v) is 4.56. The second kappa shape index (κ2) is 8.76. The molecule has 0 unspecified atom stereocenters. The fraction of sp³-hybridized carbons (Fsp3) is 0.304. The predicted octanol–water partition coefficient (Wildman–Crippen LogP) is 2.57. The van der Waals surface area contributed by atoms with Crippen molar-refractivity contribution in [2.45, 2.75) is 6.92 Å². The van der Waals surface area contributed by atoms with Gasteiger partial charge < -0.3 is 9.64 Å². The van der Waals surface area contributed by atoms with Gasteiger partial charge in [-0.2, -0.15) is 9.40 Å². The highest BCUT2D eigenvalue weighted by Gasteiger charge is 2.29. The summed E-state index contributed by atoms with van der Waals surface area (Å²) in [6, 6.07) is 15.3. The van der Waals surface area contributed by atoms with Gasteiger partial charge in [0.25, 0.3) is 5.91 Å². The zero-order chi connectivity index (χ0) is 22.9. The van der Waals surface area contributed by atoms with E-state index in [1.807, 2.05) is 55.5 Å². The van der Waals surface area contributed by atoms with E-state index in [2.05, 4.69) is 0 Å². The second-order valence-electron chi connectivity index (χ2n) is 7.86. The van der Waals surface area contributed by atoms with Gasteiger partial charge in [0, 0.05) is 37.9 Å². The van der Waals surface area contributed by atoms with Gasteiger partial charge in [-0.15, -0.1) is 0 Å². The Morgan fingerprint density at radius 1 is 1.03 bits per heavy atom. The number of carbonyl (C=O) groups is 1. The first-order valence-corrected chi connectivity index (χ1v) is 12.2. The topological polar surface area (TPSA) is 84.7 Å². The highest BCUT2D eigenvalue weighted by atomic mass is 32.2. The summed E-state index contributed by atoms with van der Waals surface area (Å²) >= 11 is 0. The van der Waals surface area contributed by atoms with Crippen LogP contribution >= 0.6 is 0 Å². The number of amides is 1. The van der Waals surface area contributed by atoms with E-state index in [9.17, 15) is 13.2 Å². The van der Waals surface area contributed by atoms with Gasteiger partial charge in [0.1, 0.15) is 11.4 Å². The first kappa shape index (κ1) is 22.0. The van der Waals surface area contributed by atoms with Crippen molar-refractivity contribution in [1.29, 1.82) is 0 Å². The van der Waals surface area contributed by atoms with Crippen LogP contribution in [0.25, 0.3) is 16.9 Å². The normalized spacial score (nSPS) is 15.0. The third-order valence-corrected chi connectivity index (χ3v) is 6.88. The molecule has 1 aromatic heterocycles. The summed E-state index contributed by atoms with van der Waals surface area (Å²) in [5.41, 5.74) is 3.77. The van der Waals surface area contributed by atoms with E-state index in [1.54, 1.807) is 22.9 Å². The van der Waals surface area contributed by atoms with Crippen LogP contribution in [0.4, 0.5) is 0 Å². The Bertz CT molecular complexity index is 1230. The van der Waals surface area contributed by atoms with Gasteiger partial charge in [0.2, 0.25) is 10.0 Å². The molecule has 0 N–H and O–H groups in total. The molecule has 0 bridgehead atoms. The number of benzene rings is 2. The maximum absolute atomic E-state index is 13.5. The van der Waals surface area contributed by atoms with Crippen molar-refractivity contribution >= 4 is 15.9 Å². The Labute approximate surface area is 188 Å². The summed E-state index contributed by atoms with van der Waals surface area (Å²) in [6.45, 7) is 3.24. The van der Waals surface area contributed by atoms with Crippen LogP contribution < -0.4 is 4.74 Å². The zero-order valence-corrected chi connectivity index (χ0v) is 19.2. The summed E-state index contributed by atoms with van der Waals surface area (Å²) in [5, 5.41) is 4.73. The Hall–Kier alpha value is -3.17. The molecule has 1 fully saturated rings. The molecule has 0 saturated carbocycles. The van der Waals surface area contributed by atoms with Crippen molar-refractivity contribution in [3.8, 4) is 22.7 Å². The number of sulfonamides is 1. The molecule has 3 aromatic rings. The van der Waals surface area contributed by atoms with Crippen molar-refractivity contribution in [2.75, 3.05) is 39.5 Å². The summed E-state index contributed by atoms with van der Waals surface area (Å²) in [4.78, 5) is 15.2. The molecule has 32 heavy (non-hydrogen) atoms. The van der Waals surface area contributed by atoms with E-state index >= 15 is 0 Å². The smallest absolute Gasteiger partial charge is 0.257 e. The van der Waals surface area contributed by atoms with Crippen molar-refractivity contribution in [1.82, 2.24) is 19.0 Å².